The van der Waals surface area contributed by atoms with E-state index in [1.807, 2.05) is 30.3 Å². The summed E-state index contributed by atoms with van der Waals surface area (Å²) < 4.78 is 5.40. The van der Waals surface area contributed by atoms with Crippen molar-refractivity contribution >= 4 is 5.78 Å². The van der Waals surface area contributed by atoms with Crippen LogP contribution in [0.3, 0.4) is 0 Å². The Labute approximate surface area is 121 Å². The number of hydrogen-bond donors (Lipinski definition) is 0. The van der Waals surface area contributed by atoms with E-state index in [0.29, 0.717) is 5.92 Å². The smallest absolute Gasteiger partial charge is 0.179 e. The van der Waals surface area contributed by atoms with Crippen LogP contribution >= 0.6 is 0 Å². The lowest BCUT2D eigenvalue weighted by molar-refractivity contribution is 0.0481. The zero-order valence-electron chi connectivity index (χ0n) is 12.5. The summed E-state index contributed by atoms with van der Waals surface area (Å²) in [6.45, 7) is 4.80. The van der Waals surface area contributed by atoms with Gasteiger partial charge in [-0.1, -0.05) is 37.3 Å². The topological polar surface area (TPSA) is 29.5 Å². The summed E-state index contributed by atoms with van der Waals surface area (Å²) in [5.41, 5.74) is 0.818. The lowest BCUT2D eigenvalue weighted by atomic mass is 9.96. The third kappa shape index (κ3) is 3.90. The van der Waals surface area contributed by atoms with E-state index in [9.17, 15) is 4.79 Å². The highest BCUT2D eigenvalue weighted by Gasteiger charge is 2.25. The molecule has 1 aromatic rings. The fourth-order valence-electron chi connectivity index (χ4n) is 2.96. The normalized spacial score (nSPS) is 18.1. The molecule has 1 fully saturated rings. The van der Waals surface area contributed by atoms with Gasteiger partial charge in [0.05, 0.1) is 6.04 Å². The van der Waals surface area contributed by atoms with Gasteiger partial charge in [-0.05, 0) is 32.2 Å². The molecule has 0 spiro atoms. The molecule has 3 heteroatoms. The van der Waals surface area contributed by atoms with Crippen LogP contribution in [0, 0.1) is 5.92 Å². The molecule has 2 rings (SSSR count). The first-order valence-electron chi connectivity index (χ1n) is 7.59. The number of benzene rings is 1. The van der Waals surface area contributed by atoms with E-state index in [2.05, 4.69) is 18.9 Å². The number of carbonyl (C=O) groups is 1. The van der Waals surface area contributed by atoms with Crippen LogP contribution in [0.15, 0.2) is 30.3 Å². The molecular formula is C17H25NO2. The van der Waals surface area contributed by atoms with Gasteiger partial charge < -0.3 is 4.74 Å². The van der Waals surface area contributed by atoms with Crippen molar-refractivity contribution < 1.29 is 9.53 Å². The number of ether oxygens (including phenoxy) is 1. The molecule has 20 heavy (non-hydrogen) atoms. The van der Waals surface area contributed by atoms with Gasteiger partial charge >= 0.3 is 0 Å². The second-order valence-corrected chi connectivity index (χ2v) is 5.65. The molecule has 3 nitrogen and oxygen atoms in total. The van der Waals surface area contributed by atoms with Crippen molar-refractivity contribution in [3.8, 4) is 0 Å². The van der Waals surface area contributed by atoms with E-state index in [4.69, 9.17) is 4.74 Å². The maximum Gasteiger partial charge on any atom is 0.179 e. The van der Waals surface area contributed by atoms with Crippen LogP contribution in [0.5, 0.6) is 0 Å². The maximum atomic E-state index is 12.6. The standard InChI is InChI=1S/C17H25NO2/c1-3-16(17(19)15-7-5-4-6-8-15)18(2)13-14-9-11-20-12-10-14/h4-8,14,16H,3,9-13H2,1-2H3. The minimum absolute atomic E-state index is 0.0137. The van der Waals surface area contributed by atoms with E-state index in [0.717, 1.165) is 44.6 Å². The molecule has 0 N–H and O–H groups in total. The monoisotopic (exact) mass is 275 g/mol. The van der Waals surface area contributed by atoms with Gasteiger partial charge in [0, 0.05) is 25.3 Å². The molecule has 1 unspecified atom stereocenters. The summed E-state index contributed by atoms with van der Waals surface area (Å²) in [6.07, 6.45) is 3.08. The van der Waals surface area contributed by atoms with E-state index in [1.165, 1.54) is 0 Å². The summed E-state index contributed by atoms with van der Waals surface area (Å²) in [6, 6.07) is 9.61. The van der Waals surface area contributed by atoms with Crippen molar-refractivity contribution in [2.45, 2.75) is 32.2 Å². The molecule has 1 aliphatic rings. The Bertz CT molecular complexity index is 412. The van der Waals surface area contributed by atoms with Gasteiger partial charge in [-0.25, -0.2) is 0 Å². The second-order valence-electron chi connectivity index (χ2n) is 5.65. The van der Waals surface area contributed by atoms with Crippen LogP contribution in [-0.4, -0.2) is 43.5 Å². The Morgan fingerprint density at radius 1 is 1.30 bits per heavy atom. The van der Waals surface area contributed by atoms with Crippen LogP contribution in [0.2, 0.25) is 0 Å². The van der Waals surface area contributed by atoms with Crippen molar-refractivity contribution in [3.63, 3.8) is 0 Å². The number of likely N-dealkylation sites (N-methyl/N-ethyl adjacent to an activating group) is 1. The highest BCUT2D eigenvalue weighted by atomic mass is 16.5. The fourth-order valence-corrected chi connectivity index (χ4v) is 2.96. The Balaban J connectivity index is 1.97. The van der Waals surface area contributed by atoms with Crippen molar-refractivity contribution in [1.82, 2.24) is 4.90 Å². The van der Waals surface area contributed by atoms with Gasteiger partial charge in [0.15, 0.2) is 5.78 Å². The second kappa shape index (κ2) is 7.55. The molecule has 0 radical (unpaired) electrons. The quantitative estimate of drug-likeness (QED) is 0.747. The number of rotatable bonds is 6. The first-order chi connectivity index (χ1) is 9.72. The van der Waals surface area contributed by atoms with Gasteiger partial charge in [-0.2, -0.15) is 0 Å². The lowest BCUT2D eigenvalue weighted by Crippen LogP contribution is -2.41. The van der Waals surface area contributed by atoms with Crippen LogP contribution in [0.1, 0.15) is 36.5 Å². The molecule has 1 aromatic carbocycles. The summed E-state index contributed by atoms with van der Waals surface area (Å²) in [5.74, 6) is 0.897. The van der Waals surface area contributed by atoms with E-state index in [-0.39, 0.29) is 11.8 Å². The molecule has 0 bridgehead atoms. The molecule has 110 valence electrons. The lowest BCUT2D eigenvalue weighted by Gasteiger charge is -2.31. The molecule has 1 heterocycles. The highest BCUT2D eigenvalue weighted by Crippen LogP contribution is 2.19. The predicted molar refractivity (Wildman–Crippen MR) is 81.0 cm³/mol. The van der Waals surface area contributed by atoms with Crippen LogP contribution in [0.4, 0.5) is 0 Å². The molecule has 0 aromatic heterocycles. The van der Waals surface area contributed by atoms with Gasteiger partial charge in [0.2, 0.25) is 0 Å². The van der Waals surface area contributed by atoms with E-state index in [1.54, 1.807) is 0 Å². The number of nitrogens with zero attached hydrogens (tertiary/aromatic N) is 1. The summed E-state index contributed by atoms with van der Waals surface area (Å²) in [4.78, 5) is 14.8. The van der Waals surface area contributed by atoms with Gasteiger partial charge in [-0.15, -0.1) is 0 Å². The third-order valence-electron chi connectivity index (χ3n) is 4.17. The average molecular weight is 275 g/mol. The first kappa shape index (κ1) is 15.2. The van der Waals surface area contributed by atoms with Crippen molar-refractivity contribution in [2.75, 3.05) is 26.8 Å². The molecule has 0 amide bonds. The fraction of sp³-hybridized carbons (Fsp3) is 0.588. The Morgan fingerprint density at radius 2 is 1.95 bits per heavy atom. The van der Waals surface area contributed by atoms with Crippen molar-refractivity contribution in [3.05, 3.63) is 35.9 Å². The molecule has 1 atom stereocenters. The predicted octanol–water partition coefficient (Wildman–Crippen LogP) is 3.01. The van der Waals surface area contributed by atoms with Crippen LogP contribution < -0.4 is 0 Å². The van der Waals surface area contributed by atoms with Crippen LogP contribution in [0.25, 0.3) is 0 Å². The van der Waals surface area contributed by atoms with Gasteiger partial charge in [-0.3, -0.25) is 9.69 Å². The molecule has 1 aliphatic heterocycles. The van der Waals surface area contributed by atoms with Crippen LogP contribution in [-0.2, 0) is 4.74 Å². The van der Waals surface area contributed by atoms with Crippen molar-refractivity contribution in [1.29, 1.82) is 0 Å². The maximum absolute atomic E-state index is 12.6. The largest absolute Gasteiger partial charge is 0.381 e. The minimum Gasteiger partial charge on any atom is -0.381 e. The summed E-state index contributed by atoms with van der Waals surface area (Å²) in [5, 5.41) is 0. The molecule has 1 saturated heterocycles. The highest BCUT2D eigenvalue weighted by molar-refractivity contribution is 6.00. The Morgan fingerprint density at radius 3 is 2.55 bits per heavy atom. The van der Waals surface area contributed by atoms with Gasteiger partial charge in [0.25, 0.3) is 0 Å². The SMILES string of the molecule is CCC(C(=O)c1ccccc1)N(C)CC1CCOCC1. The minimum atomic E-state index is -0.0137. The van der Waals surface area contributed by atoms with E-state index < -0.39 is 0 Å². The summed E-state index contributed by atoms with van der Waals surface area (Å²) in [7, 11) is 2.07. The molecular weight excluding hydrogens is 250 g/mol. The zero-order valence-corrected chi connectivity index (χ0v) is 12.5. The summed E-state index contributed by atoms with van der Waals surface area (Å²) >= 11 is 0. The molecule has 0 aliphatic carbocycles. The first-order valence-corrected chi connectivity index (χ1v) is 7.59. The average Bonchev–Trinajstić information content (AvgIpc) is 2.49. The Hall–Kier alpha value is -1.19. The third-order valence-corrected chi connectivity index (χ3v) is 4.17. The van der Waals surface area contributed by atoms with E-state index >= 15 is 0 Å². The zero-order chi connectivity index (χ0) is 14.4. The number of ketones is 1. The number of hydrogen-bond acceptors (Lipinski definition) is 3. The van der Waals surface area contributed by atoms with Crippen molar-refractivity contribution in [2.24, 2.45) is 5.92 Å². The molecule has 0 saturated carbocycles. The number of Topliss-reactive ketones (excluding diaryl/α,β-unsaturated/α-hetero) is 1. The Kier molecular flexibility index (Phi) is 5.74. The number of carbonyl (C=O) groups excluding carboxylic acids is 1. The van der Waals surface area contributed by atoms with Gasteiger partial charge in [0.1, 0.15) is 0 Å².